The molecule has 132 valence electrons. The van der Waals surface area contributed by atoms with Crippen LogP contribution in [0.5, 0.6) is 0 Å². The van der Waals surface area contributed by atoms with Crippen molar-refractivity contribution in [2.45, 2.75) is 38.9 Å². The van der Waals surface area contributed by atoms with Crippen LogP contribution >= 0.6 is 12.6 Å². The molecule has 10 heteroatoms. The summed E-state index contributed by atoms with van der Waals surface area (Å²) in [5.74, 6) is -3.22. The van der Waals surface area contributed by atoms with Crippen molar-refractivity contribution in [3.8, 4) is 0 Å². The van der Waals surface area contributed by atoms with E-state index in [0.29, 0.717) is 0 Å². The fraction of sp³-hybridized carbons (Fsp3) is 0.692. The van der Waals surface area contributed by atoms with E-state index in [2.05, 4.69) is 28.6 Å². The van der Waals surface area contributed by atoms with Crippen molar-refractivity contribution in [3.63, 3.8) is 0 Å². The van der Waals surface area contributed by atoms with Crippen LogP contribution in [-0.4, -0.2) is 59.2 Å². The smallest absolute Gasteiger partial charge is 0.327 e. The standard InChI is InChI=1S/C13H24N4O5S/c1-6(2)10(17-9(18)4-14)12(20)15-7(3)11(19)16-8(5-23)13(21)22/h6-8,10,23H,4-5,14H2,1-3H3,(H,15,20)(H,16,19)(H,17,18)(H,21,22). The third kappa shape index (κ3) is 7.33. The zero-order valence-electron chi connectivity index (χ0n) is 13.3. The van der Waals surface area contributed by atoms with Gasteiger partial charge in [-0.25, -0.2) is 4.79 Å². The SMILES string of the molecule is CC(NC(=O)C(NC(=O)CN)C(C)C)C(=O)NC(CS)C(=O)O. The first-order chi connectivity index (χ1) is 10.6. The number of carbonyl (C=O) groups is 4. The van der Waals surface area contributed by atoms with Gasteiger partial charge in [0.25, 0.3) is 0 Å². The van der Waals surface area contributed by atoms with Crippen molar-refractivity contribution in [3.05, 3.63) is 0 Å². The van der Waals surface area contributed by atoms with Crippen molar-refractivity contribution in [1.29, 1.82) is 0 Å². The first-order valence-corrected chi connectivity index (χ1v) is 7.71. The molecule has 0 rings (SSSR count). The van der Waals surface area contributed by atoms with E-state index in [4.69, 9.17) is 10.8 Å². The van der Waals surface area contributed by atoms with Gasteiger partial charge < -0.3 is 26.8 Å². The molecule has 0 heterocycles. The Morgan fingerprint density at radius 2 is 1.61 bits per heavy atom. The van der Waals surface area contributed by atoms with Gasteiger partial charge in [-0.3, -0.25) is 14.4 Å². The highest BCUT2D eigenvalue weighted by molar-refractivity contribution is 7.80. The Kier molecular flexibility index (Phi) is 9.27. The number of carbonyl (C=O) groups excluding carboxylic acids is 3. The van der Waals surface area contributed by atoms with E-state index in [1.165, 1.54) is 6.92 Å². The quantitative estimate of drug-likeness (QED) is 0.268. The molecule has 0 radical (unpaired) electrons. The number of amides is 3. The minimum atomic E-state index is -1.22. The predicted molar refractivity (Wildman–Crippen MR) is 86.8 cm³/mol. The Labute approximate surface area is 140 Å². The van der Waals surface area contributed by atoms with E-state index in [1.54, 1.807) is 13.8 Å². The summed E-state index contributed by atoms with van der Waals surface area (Å²) in [7, 11) is 0. The summed E-state index contributed by atoms with van der Waals surface area (Å²) in [6, 6.07) is -2.97. The average molecular weight is 348 g/mol. The Hall–Kier alpha value is -1.81. The second kappa shape index (κ2) is 10.1. The minimum absolute atomic E-state index is 0.0804. The Morgan fingerprint density at radius 3 is 2.00 bits per heavy atom. The molecule has 0 bridgehead atoms. The molecule has 0 spiro atoms. The van der Waals surface area contributed by atoms with Crippen molar-refractivity contribution < 1.29 is 24.3 Å². The fourth-order valence-electron chi connectivity index (χ4n) is 1.62. The maximum atomic E-state index is 12.2. The summed E-state index contributed by atoms with van der Waals surface area (Å²) >= 11 is 3.83. The molecule has 0 aromatic rings. The van der Waals surface area contributed by atoms with Crippen molar-refractivity contribution >= 4 is 36.3 Å². The van der Waals surface area contributed by atoms with Crippen LogP contribution in [0.1, 0.15) is 20.8 Å². The van der Waals surface area contributed by atoms with E-state index in [1.807, 2.05) is 0 Å². The van der Waals surface area contributed by atoms with Gasteiger partial charge in [0.15, 0.2) is 0 Å². The molecular weight excluding hydrogens is 324 g/mol. The Morgan fingerprint density at radius 1 is 1.04 bits per heavy atom. The van der Waals surface area contributed by atoms with Gasteiger partial charge in [-0.15, -0.1) is 0 Å². The lowest BCUT2D eigenvalue weighted by Gasteiger charge is -2.24. The molecule has 0 aromatic heterocycles. The monoisotopic (exact) mass is 348 g/mol. The lowest BCUT2D eigenvalue weighted by atomic mass is 10.0. The second-order valence-corrected chi connectivity index (χ2v) is 5.67. The van der Waals surface area contributed by atoms with Crippen LogP contribution in [0.15, 0.2) is 0 Å². The molecule has 0 aliphatic rings. The van der Waals surface area contributed by atoms with Crippen LogP contribution in [-0.2, 0) is 19.2 Å². The highest BCUT2D eigenvalue weighted by Crippen LogP contribution is 2.02. The van der Waals surface area contributed by atoms with Crippen LogP contribution in [0, 0.1) is 5.92 Å². The molecule has 3 unspecified atom stereocenters. The van der Waals surface area contributed by atoms with Crippen LogP contribution in [0.25, 0.3) is 0 Å². The van der Waals surface area contributed by atoms with Gasteiger partial charge in [-0.1, -0.05) is 13.8 Å². The summed E-state index contributed by atoms with van der Waals surface area (Å²) in [4.78, 5) is 46.2. The Balaban J connectivity index is 4.74. The summed E-state index contributed by atoms with van der Waals surface area (Å²) in [6.07, 6.45) is 0. The molecule has 0 saturated carbocycles. The molecule has 0 saturated heterocycles. The first-order valence-electron chi connectivity index (χ1n) is 7.07. The number of carboxylic acid groups (broad SMARTS) is 1. The minimum Gasteiger partial charge on any atom is -0.480 e. The number of aliphatic carboxylic acids is 1. The Bertz CT molecular complexity index is 458. The van der Waals surface area contributed by atoms with Gasteiger partial charge in [0.05, 0.1) is 6.54 Å². The van der Waals surface area contributed by atoms with Crippen molar-refractivity contribution in [2.75, 3.05) is 12.3 Å². The van der Waals surface area contributed by atoms with Crippen molar-refractivity contribution in [1.82, 2.24) is 16.0 Å². The van der Waals surface area contributed by atoms with Gasteiger partial charge in [-0.05, 0) is 12.8 Å². The number of hydrogen-bond donors (Lipinski definition) is 6. The molecule has 6 N–H and O–H groups in total. The summed E-state index contributed by atoms with van der Waals surface area (Å²) in [5, 5.41) is 16.0. The lowest BCUT2D eigenvalue weighted by Crippen LogP contribution is -2.56. The normalized spacial score (nSPS) is 14.5. The summed E-state index contributed by atoms with van der Waals surface area (Å²) in [5.41, 5.74) is 5.20. The number of nitrogens with two attached hydrogens (primary N) is 1. The number of nitrogens with one attached hydrogen (secondary N) is 3. The molecular formula is C13H24N4O5S. The van der Waals surface area contributed by atoms with Gasteiger partial charge in [-0.2, -0.15) is 12.6 Å². The molecule has 0 aliphatic heterocycles. The predicted octanol–water partition coefficient (Wildman–Crippen LogP) is -1.91. The number of thiol groups is 1. The van der Waals surface area contributed by atoms with Crippen LogP contribution in [0.2, 0.25) is 0 Å². The lowest BCUT2D eigenvalue weighted by molar-refractivity contribution is -0.141. The highest BCUT2D eigenvalue weighted by Gasteiger charge is 2.28. The molecule has 9 nitrogen and oxygen atoms in total. The highest BCUT2D eigenvalue weighted by atomic mass is 32.1. The van der Waals surface area contributed by atoms with Gasteiger partial charge in [0, 0.05) is 5.75 Å². The second-order valence-electron chi connectivity index (χ2n) is 5.31. The average Bonchev–Trinajstić information content (AvgIpc) is 2.48. The van der Waals surface area contributed by atoms with Crippen LogP contribution in [0.4, 0.5) is 0 Å². The van der Waals surface area contributed by atoms with E-state index in [9.17, 15) is 19.2 Å². The number of hydrogen-bond acceptors (Lipinski definition) is 6. The van der Waals surface area contributed by atoms with E-state index < -0.39 is 41.8 Å². The van der Waals surface area contributed by atoms with Gasteiger partial charge in [0.1, 0.15) is 18.1 Å². The third-order valence-corrected chi connectivity index (χ3v) is 3.37. The molecule has 0 aromatic carbocycles. The van der Waals surface area contributed by atoms with Gasteiger partial charge >= 0.3 is 5.97 Å². The molecule has 23 heavy (non-hydrogen) atoms. The van der Waals surface area contributed by atoms with E-state index in [0.717, 1.165) is 0 Å². The maximum absolute atomic E-state index is 12.2. The molecule has 0 aliphatic carbocycles. The van der Waals surface area contributed by atoms with E-state index >= 15 is 0 Å². The molecule has 3 amide bonds. The zero-order valence-corrected chi connectivity index (χ0v) is 14.2. The summed E-state index contributed by atoms with van der Waals surface area (Å²) in [6.45, 7) is 4.61. The van der Waals surface area contributed by atoms with E-state index in [-0.39, 0.29) is 18.2 Å². The van der Waals surface area contributed by atoms with Crippen LogP contribution in [0.3, 0.4) is 0 Å². The van der Waals surface area contributed by atoms with Gasteiger partial charge in [0.2, 0.25) is 17.7 Å². The maximum Gasteiger partial charge on any atom is 0.327 e. The fourth-order valence-corrected chi connectivity index (χ4v) is 1.87. The summed E-state index contributed by atoms with van der Waals surface area (Å²) < 4.78 is 0. The largest absolute Gasteiger partial charge is 0.480 e. The zero-order chi connectivity index (χ0) is 18.2. The number of carboxylic acids is 1. The molecule has 3 atom stereocenters. The topological polar surface area (TPSA) is 151 Å². The molecule has 0 fully saturated rings. The first kappa shape index (κ1) is 21.2. The van der Waals surface area contributed by atoms with Crippen LogP contribution < -0.4 is 21.7 Å². The van der Waals surface area contributed by atoms with Crippen molar-refractivity contribution in [2.24, 2.45) is 11.7 Å². The number of rotatable bonds is 9. The third-order valence-electron chi connectivity index (χ3n) is 3.00.